The predicted molar refractivity (Wildman–Crippen MR) is 153 cm³/mol. The van der Waals surface area contributed by atoms with E-state index in [-0.39, 0.29) is 27.5 Å². The second-order valence-corrected chi connectivity index (χ2v) is 7.56. The van der Waals surface area contributed by atoms with Gasteiger partial charge in [-0.3, -0.25) is 4.98 Å². The van der Waals surface area contributed by atoms with Crippen LogP contribution < -0.4 is 0 Å². The van der Waals surface area contributed by atoms with Crippen molar-refractivity contribution in [2.24, 2.45) is 0 Å². The van der Waals surface area contributed by atoms with Gasteiger partial charge in [-0.15, -0.1) is 71.8 Å². The van der Waals surface area contributed by atoms with Gasteiger partial charge in [-0.25, -0.2) is 0 Å². The van der Waals surface area contributed by atoms with Crippen LogP contribution in [0.5, 0.6) is 0 Å². The Morgan fingerprint density at radius 3 is 1.16 bits per heavy atom. The molecule has 0 bridgehead atoms. The van der Waals surface area contributed by atoms with Crippen molar-refractivity contribution >= 4 is 0 Å². The summed E-state index contributed by atoms with van der Waals surface area (Å²) in [6, 6.07) is 49.7. The van der Waals surface area contributed by atoms with Gasteiger partial charge in [-0.2, -0.15) is 0 Å². The molecule has 0 radical (unpaired) electrons. The number of hydrogen-bond donors (Lipinski definition) is 0. The van der Waals surface area contributed by atoms with Crippen molar-refractivity contribution in [1.29, 1.82) is 0 Å². The molecule has 6 aromatic rings. The number of rotatable bonds is 3. The third kappa shape index (κ3) is 9.66. The first-order valence-corrected chi connectivity index (χ1v) is 11.6. The third-order valence-corrected chi connectivity index (χ3v) is 5.03. The average molecular weight is 671 g/mol. The van der Waals surface area contributed by atoms with Gasteiger partial charge in [0.05, 0.1) is 5.69 Å². The molecule has 0 aliphatic heterocycles. The molecule has 0 saturated carbocycles. The molecule has 0 fully saturated rings. The van der Waals surface area contributed by atoms with E-state index in [0.29, 0.717) is 0 Å². The van der Waals surface area contributed by atoms with Crippen molar-refractivity contribution in [3.8, 4) is 33.8 Å². The van der Waals surface area contributed by atoms with Gasteiger partial charge in [-0.05, 0) is 35.7 Å². The minimum atomic E-state index is 0. The molecule has 4 heteroatoms. The molecule has 38 heavy (non-hydrogen) atoms. The number of hydrogen-bond acceptors (Lipinski definition) is 3. The molecular weight excluding hydrogens is 643 g/mol. The molecule has 0 atom stereocenters. The fourth-order valence-corrected chi connectivity index (χ4v) is 3.29. The Hall–Kier alpha value is -4.24. The number of nitrogens with zero attached hydrogens (tertiary/aromatic N) is 3. The molecule has 3 aromatic carbocycles. The summed E-state index contributed by atoms with van der Waals surface area (Å²) in [6.45, 7) is 0. The zero-order valence-electron chi connectivity index (χ0n) is 21.1. The van der Waals surface area contributed by atoms with Crippen molar-refractivity contribution in [3.05, 3.63) is 172 Å². The van der Waals surface area contributed by atoms with Crippen molar-refractivity contribution in [2.45, 2.75) is 0 Å². The van der Waals surface area contributed by atoms with Crippen LogP contribution in [0.25, 0.3) is 33.8 Å². The van der Waals surface area contributed by atoms with Crippen LogP contribution in [0.2, 0.25) is 0 Å². The van der Waals surface area contributed by atoms with Gasteiger partial charge in [0, 0.05) is 24.2 Å². The number of pyridine rings is 3. The van der Waals surface area contributed by atoms with Crippen LogP contribution in [0.15, 0.2) is 152 Å². The van der Waals surface area contributed by atoms with Crippen LogP contribution >= 0.6 is 0 Å². The predicted octanol–water partition coefficient (Wildman–Crippen LogP) is 8.29. The van der Waals surface area contributed by atoms with Crippen molar-refractivity contribution in [2.75, 3.05) is 0 Å². The fourth-order valence-electron chi connectivity index (χ4n) is 3.29. The molecule has 0 N–H and O–H groups in total. The Bertz CT molecular complexity index is 1090. The molecule has 0 saturated heterocycles. The van der Waals surface area contributed by atoms with E-state index < -0.39 is 0 Å². The van der Waals surface area contributed by atoms with Crippen LogP contribution in [-0.2, 0) is 20.1 Å². The first kappa shape index (κ1) is 30.0. The van der Waals surface area contributed by atoms with Crippen molar-refractivity contribution in [1.82, 2.24) is 15.0 Å². The first-order chi connectivity index (χ1) is 17.9. The van der Waals surface area contributed by atoms with E-state index in [0.717, 1.165) is 33.8 Å². The van der Waals surface area contributed by atoms with Crippen LogP contribution in [-0.4, -0.2) is 15.0 Å². The molecule has 6 rings (SSSR count). The summed E-state index contributed by atoms with van der Waals surface area (Å²) in [5.41, 5.74) is 6.21. The summed E-state index contributed by atoms with van der Waals surface area (Å²) < 4.78 is 0. The maximum atomic E-state index is 4.25. The van der Waals surface area contributed by atoms with Gasteiger partial charge < -0.3 is 17.4 Å². The van der Waals surface area contributed by atoms with Gasteiger partial charge in [0.15, 0.2) is 0 Å². The van der Waals surface area contributed by atoms with Crippen LogP contribution in [0.1, 0.15) is 0 Å². The summed E-state index contributed by atoms with van der Waals surface area (Å²) >= 11 is 0. The van der Waals surface area contributed by atoms with Crippen LogP contribution in [0.4, 0.5) is 0 Å². The Balaban J connectivity index is 0.000000195. The topological polar surface area (TPSA) is 38.7 Å². The largest absolute Gasteiger partial charge is 3.00 e. The Morgan fingerprint density at radius 2 is 0.789 bits per heavy atom. The molecule has 0 unspecified atom stereocenters. The molecule has 0 amide bonds. The third-order valence-electron chi connectivity index (χ3n) is 5.03. The van der Waals surface area contributed by atoms with E-state index in [4.69, 9.17) is 0 Å². The SMILES string of the molecule is [CH3-].[Ir+3].[c-]1ccccc1-c1ccccn1.[c-]1ccccc1-c1ccccn1.c1ccc(-c2ccccn2)cc1. The minimum Gasteiger partial charge on any atom is -0.358 e. The molecule has 3 aromatic heterocycles. The van der Waals surface area contributed by atoms with E-state index in [9.17, 15) is 0 Å². The molecule has 0 aliphatic rings. The van der Waals surface area contributed by atoms with Gasteiger partial charge in [0.1, 0.15) is 0 Å². The zero-order valence-corrected chi connectivity index (χ0v) is 23.5. The van der Waals surface area contributed by atoms with Gasteiger partial charge >= 0.3 is 20.1 Å². The van der Waals surface area contributed by atoms with Gasteiger partial charge in [0.2, 0.25) is 0 Å². The van der Waals surface area contributed by atoms with E-state index in [1.165, 1.54) is 0 Å². The van der Waals surface area contributed by atoms with Crippen molar-refractivity contribution < 1.29 is 20.1 Å². The van der Waals surface area contributed by atoms with E-state index >= 15 is 0 Å². The van der Waals surface area contributed by atoms with Crippen molar-refractivity contribution in [3.63, 3.8) is 0 Å². The molecule has 0 spiro atoms. The maximum Gasteiger partial charge on any atom is 3.00 e. The summed E-state index contributed by atoms with van der Waals surface area (Å²) in [5, 5.41) is 0. The van der Waals surface area contributed by atoms with E-state index in [2.05, 4.69) is 39.2 Å². The van der Waals surface area contributed by atoms with Gasteiger partial charge in [0.25, 0.3) is 0 Å². The monoisotopic (exact) mass is 671 g/mol. The molecule has 3 nitrogen and oxygen atoms in total. The van der Waals surface area contributed by atoms with Crippen LogP contribution in [0, 0.1) is 19.6 Å². The summed E-state index contributed by atoms with van der Waals surface area (Å²) in [4.78, 5) is 12.7. The summed E-state index contributed by atoms with van der Waals surface area (Å²) in [7, 11) is 0. The summed E-state index contributed by atoms with van der Waals surface area (Å²) in [6.07, 6.45) is 5.38. The minimum absolute atomic E-state index is 0. The first-order valence-electron chi connectivity index (χ1n) is 11.6. The Labute approximate surface area is 239 Å². The van der Waals surface area contributed by atoms with E-state index in [1.54, 1.807) is 12.4 Å². The van der Waals surface area contributed by atoms with Gasteiger partial charge in [-0.1, -0.05) is 60.7 Å². The quantitative estimate of drug-likeness (QED) is 0.178. The second kappa shape index (κ2) is 17.3. The summed E-state index contributed by atoms with van der Waals surface area (Å²) in [5.74, 6) is 0. The second-order valence-electron chi connectivity index (χ2n) is 7.56. The average Bonchev–Trinajstić information content (AvgIpc) is 3.01. The standard InChI is InChI=1S/C11H9N.2C11H8N.CH3.Ir/c3*1-2-6-10(7-3-1)11-8-4-5-9-12-11;;/h1-9H;2*1-6,8-9H;1H3;/q;3*-1;+3. The number of benzene rings is 3. The number of aromatic nitrogens is 3. The smallest absolute Gasteiger partial charge is 0.358 e. The molecular formula is C34H28IrN3. The van der Waals surface area contributed by atoms with Crippen LogP contribution in [0.3, 0.4) is 0 Å². The normalized spacial score (nSPS) is 9.16. The maximum absolute atomic E-state index is 4.25. The molecule has 3 heterocycles. The fraction of sp³-hybridized carbons (Fsp3) is 0. The zero-order chi connectivity index (χ0) is 24.7. The Kier molecular flexibility index (Phi) is 13.6. The Morgan fingerprint density at radius 1 is 0.395 bits per heavy atom. The van der Waals surface area contributed by atoms with E-state index in [1.807, 2.05) is 128 Å². The molecule has 188 valence electrons. The molecule has 0 aliphatic carbocycles.